The van der Waals surface area contributed by atoms with E-state index in [0.717, 1.165) is 19.7 Å². The van der Waals surface area contributed by atoms with Crippen LogP contribution in [0.4, 0.5) is 0 Å². The van der Waals surface area contributed by atoms with Crippen LogP contribution < -0.4 is 5.43 Å². The fourth-order valence-corrected chi connectivity index (χ4v) is 4.80. The summed E-state index contributed by atoms with van der Waals surface area (Å²) in [5, 5.41) is 1.27. The lowest BCUT2D eigenvalue weighted by molar-refractivity contribution is -0.130. The number of carbonyl (C=O) groups excluding carboxylic acids is 1. The Hall–Kier alpha value is -2.44. The van der Waals surface area contributed by atoms with Crippen molar-refractivity contribution in [2.24, 2.45) is 0 Å². The smallest absolute Gasteiger partial charge is 0.242 e. The molecule has 2 aromatic carbocycles. The molecule has 2 heterocycles. The van der Waals surface area contributed by atoms with E-state index in [4.69, 9.17) is 0 Å². The molecule has 0 bridgehead atoms. The second-order valence-corrected chi connectivity index (χ2v) is 8.95. The van der Waals surface area contributed by atoms with Crippen LogP contribution in [-0.2, 0) is 17.9 Å². The maximum absolute atomic E-state index is 12.9. The van der Waals surface area contributed by atoms with Gasteiger partial charge in [-0.25, -0.2) is 0 Å². The number of rotatable bonds is 4. The zero-order chi connectivity index (χ0) is 19.0. The van der Waals surface area contributed by atoms with Gasteiger partial charge in [0, 0.05) is 22.7 Å². The monoisotopic (exact) mass is 440 g/mol. The van der Waals surface area contributed by atoms with Crippen molar-refractivity contribution in [3.63, 3.8) is 0 Å². The number of fused-ring (bicyclic) bond motifs is 2. The van der Waals surface area contributed by atoms with Crippen molar-refractivity contribution in [3.05, 3.63) is 79.6 Å². The Balaban J connectivity index is 1.75. The van der Waals surface area contributed by atoms with Crippen LogP contribution >= 0.6 is 27.3 Å². The van der Waals surface area contributed by atoms with Gasteiger partial charge >= 0.3 is 0 Å². The largest absolute Gasteiger partial charge is 0.339 e. The van der Waals surface area contributed by atoms with Gasteiger partial charge in [0.25, 0.3) is 0 Å². The third-order valence-corrected chi connectivity index (χ3v) is 6.23. The molecule has 136 valence electrons. The molecule has 0 aliphatic rings. The van der Waals surface area contributed by atoms with E-state index in [-0.39, 0.29) is 17.9 Å². The SMILES string of the molecule is CN(Cc1ccc(Br)s1)C(=O)Cn1c2ccccc2c(=O)c2ccccc21. The average Bonchev–Trinajstić information content (AvgIpc) is 3.09. The maximum Gasteiger partial charge on any atom is 0.242 e. The van der Waals surface area contributed by atoms with E-state index in [1.165, 1.54) is 0 Å². The quantitative estimate of drug-likeness (QED) is 0.433. The van der Waals surface area contributed by atoms with Crippen LogP contribution in [0.3, 0.4) is 0 Å². The van der Waals surface area contributed by atoms with E-state index in [2.05, 4.69) is 15.9 Å². The number of thiophene rings is 1. The fraction of sp³-hybridized carbons (Fsp3) is 0.143. The van der Waals surface area contributed by atoms with Gasteiger partial charge < -0.3 is 9.47 Å². The minimum atomic E-state index is -0.00141. The van der Waals surface area contributed by atoms with Crippen molar-refractivity contribution in [2.75, 3.05) is 7.05 Å². The Labute approximate surface area is 168 Å². The van der Waals surface area contributed by atoms with Gasteiger partial charge in [0.1, 0.15) is 6.54 Å². The fourth-order valence-electron chi connectivity index (χ4n) is 3.26. The molecule has 4 aromatic rings. The molecule has 0 aliphatic carbocycles. The van der Waals surface area contributed by atoms with E-state index < -0.39 is 0 Å². The number of hydrogen-bond acceptors (Lipinski definition) is 3. The molecule has 27 heavy (non-hydrogen) atoms. The second kappa shape index (κ2) is 7.29. The van der Waals surface area contributed by atoms with Gasteiger partial charge in [-0.3, -0.25) is 9.59 Å². The van der Waals surface area contributed by atoms with Crippen molar-refractivity contribution in [2.45, 2.75) is 13.1 Å². The standard InChI is InChI=1S/C21H17BrN2O2S/c1-23(12-14-10-11-19(22)27-14)20(25)13-24-17-8-4-2-6-15(17)21(26)16-7-3-5-9-18(16)24/h2-11H,12-13H2,1H3. The molecular formula is C21H17BrN2O2S. The number of halogens is 1. The molecule has 0 spiro atoms. The molecule has 0 saturated heterocycles. The first-order valence-corrected chi connectivity index (χ1v) is 10.1. The third kappa shape index (κ3) is 3.42. The number of para-hydroxylation sites is 2. The Bertz CT molecular complexity index is 1150. The summed E-state index contributed by atoms with van der Waals surface area (Å²) in [6, 6.07) is 18.9. The number of carbonyl (C=O) groups is 1. The highest BCUT2D eigenvalue weighted by Gasteiger charge is 2.16. The van der Waals surface area contributed by atoms with Crippen LogP contribution in [0, 0.1) is 0 Å². The predicted octanol–water partition coefficient (Wildman–Crippen LogP) is 4.64. The highest BCUT2D eigenvalue weighted by atomic mass is 79.9. The number of amides is 1. The Morgan fingerprint density at radius 1 is 1.00 bits per heavy atom. The maximum atomic E-state index is 12.9. The van der Waals surface area contributed by atoms with Crippen molar-refractivity contribution in [1.82, 2.24) is 9.47 Å². The molecule has 4 rings (SSSR count). The predicted molar refractivity (Wildman–Crippen MR) is 114 cm³/mol. The van der Waals surface area contributed by atoms with Crippen LogP contribution in [0.5, 0.6) is 0 Å². The number of nitrogens with zero attached hydrogens (tertiary/aromatic N) is 2. The summed E-state index contributed by atoms with van der Waals surface area (Å²) >= 11 is 5.08. The number of benzene rings is 2. The Morgan fingerprint density at radius 3 is 2.15 bits per heavy atom. The summed E-state index contributed by atoms with van der Waals surface area (Å²) < 4.78 is 2.99. The number of aromatic nitrogens is 1. The van der Waals surface area contributed by atoms with Gasteiger partial charge in [0.2, 0.25) is 5.91 Å². The van der Waals surface area contributed by atoms with Gasteiger partial charge in [0.15, 0.2) is 5.43 Å². The summed E-state index contributed by atoms with van der Waals surface area (Å²) in [7, 11) is 1.81. The minimum Gasteiger partial charge on any atom is -0.339 e. The minimum absolute atomic E-state index is 0.00141. The van der Waals surface area contributed by atoms with E-state index in [9.17, 15) is 9.59 Å². The molecular weight excluding hydrogens is 424 g/mol. The molecule has 2 aromatic heterocycles. The van der Waals surface area contributed by atoms with Crippen molar-refractivity contribution in [3.8, 4) is 0 Å². The normalized spacial score (nSPS) is 11.2. The molecule has 0 N–H and O–H groups in total. The topological polar surface area (TPSA) is 42.3 Å². The molecule has 0 aliphatic heterocycles. The Morgan fingerprint density at radius 2 is 1.59 bits per heavy atom. The second-order valence-electron chi connectivity index (χ2n) is 6.41. The molecule has 4 nitrogen and oxygen atoms in total. The molecule has 0 radical (unpaired) electrons. The first kappa shape index (κ1) is 17.9. The van der Waals surface area contributed by atoms with Crippen molar-refractivity contribution >= 4 is 55.0 Å². The van der Waals surface area contributed by atoms with Crippen molar-refractivity contribution < 1.29 is 4.79 Å². The molecule has 6 heteroatoms. The molecule has 0 fully saturated rings. The zero-order valence-corrected chi connectivity index (χ0v) is 17.1. The van der Waals surface area contributed by atoms with Gasteiger partial charge in [-0.1, -0.05) is 24.3 Å². The highest BCUT2D eigenvalue weighted by Crippen LogP contribution is 2.23. The van der Waals surface area contributed by atoms with Crippen LogP contribution in [0.15, 0.2) is 69.2 Å². The lowest BCUT2D eigenvalue weighted by atomic mass is 10.1. The highest BCUT2D eigenvalue weighted by molar-refractivity contribution is 9.11. The summed E-state index contributed by atoms with van der Waals surface area (Å²) in [5.41, 5.74) is 1.56. The number of likely N-dealkylation sites (N-methyl/N-ethyl adjacent to an activating group) is 1. The zero-order valence-electron chi connectivity index (χ0n) is 14.7. The first-order chi connectivity index (χ1) is 13.0. The summed E-state index contributed by atoms with van der Waals surface area (Å²) in [5.74, 6) is -0.00141. The lowest BCUT2D eigenvalue weighted by Crippen LogP contribution is -2.30. The summed E-state index contributed by atoms with van der Waals surface area (Å²) in [4.78, 5) is 28.5. The van der Waals surface area contributed by atoms with Crippen LogP contribution in [0.1, 0.15) is 4.88 Å². The van der Waals surface area contributed by atoms with E-state index >= 15 is 0 Å². The summed E-state index contributed by atoms with van der Waals surface area (Å²) in [6.45, 7) is 0.746. The molecule has 0 unspecified atom stereocenters. The number of hydrogen-bond donors (Lipinski definition) is 0. The molecule has 1 amide bonds. The van der Waals surface area contributed by atoms with Gasteiger partial charge in [-0.05, 0) is 52.3 Å². The Kier molecular flexibility index (Phi) is 4.85. The van der Waals surface area contributed by atoms with Gasteiger partial charge in [-0.15, -0.1) is 11.3 Å². The summed E-state index contributed by atoms with van der Waals surface area (Å²) in [6.07, 6.45) is 0. The van der Waals surface area contributed by atoms with Gasteiger partial charge in [0.05, 0.1) is 21.4 Å². The van der Waals surface area contributed by atoms with Crippen LogP contribution in [-0.4, -0.2) is 22.4 Å². The van der Waals surface area contributed by atoms with Crippen LogP contribution in [0.2, 0.25) is 0 Å². The van der Waals surface area contributed by atoms with E-state index in [1.54, 1.807) is 16.2 Å². The van der Waals surface area contributed by atoms with Gasteiger partial charge in [-0.2, -0.15) is 0 Å². The van der Waals surface area contributed by atoms with E-state index in [0.29, 0.717) is 17.3 Å². The number of pyridine rings is 1. The lowest BCUT2D eigenvalue weighted by Gasteiger charge is -2.20. The van der Waals surface area contributed by atoms with Crippen molar-refractivity contribution in [1.29, 1.82) is 0 Å². The molecule has 0 atom stereocenters. The third-order valence-electron chi connectivity index (χ3n) is 4.62. The van der Waals surface area contributed by atoms with Crippen LogP contribution in [0.25, 0.3) is 21.8 Å². The average molecular weight is 441 g/mol. The molecule has 0 saturated carbocycles. The van der Waals surface area contributed by atoms with E-state index in [1.807, 2.05) is 72.3 Å². The first-order valence-electron chi connectivity index (χ1n) is 8.53.